The van der Waals surface area contributed by atoms with Crippen molar-refractivity contribution in [1.82, 2.24) is 15.5 Å². The van der Waals surface area contributed by atoms with Crippen molar-refractivity contribution in [3.05, 3.63) is 35.7 Å². The van der Waals surface area contributed by atoms with Gasteiger partial charge in [0.25, 0.3) is 0 Å². The zero-order chi connectivity index (χ0) is 19.7. The van der Waals surface area contributed by atoms with E-state index in [2.05, 4.69) is 34.5 Å². The Bertz CT molecular complexity index is 802. The van der Waals surface area contributed by atoms with Gasteiger partial charge in [-0.1, -0.05) is 42.8 Å². The molecule has 0 spiro atoms. The highest BCUT2D eigenvalue weighted by Gasteiger charge is 2.40. The average molecular weight is 383 g/mol. The van der Waals surface area contributed by atoms with Gasteiger partial charge in [0.2, 0.25) is 17.6 Å². The molecule has 150 valence electrons. The first-order valence-electron chi connectivity index (χ1n) is 10.5. The van der Waals surface area contributed by atoms with Crippen LogP contribution in [0.5, 0.6) is 0 Å². The Hall–Kier alpha value is -2.21. The summed E-state index contributed by atoms with van der Waals surface area (Å²) >= 11 is 0. The van der Waals surface area contributed by atoms with E-state index in [0.717, 1.165) is 37.7 Å². The number of aryl methyl sites for hydroxylation is 1. The number of hydrogen-bond acceptors (Lipinski definition) is 5. The van der Waals surface area contributed by atoms with Crippen LogP contribution in [0.4, 0.5) is 0 Å². The van der Waals surface area contributed by atoms with Crippen LogP contribution in [-0.4, -0.2) is 22.1 Å². The molecule has 3 atom stereocenters. The molecule has 0 saturated heterocycles. The molecule has 1 heterocycles. The first kappa shape index (κ1) is 19.1. The van der Waals surface area contributed by atoms with Crippen LogP contribution < -0.4 is 11.1 Å². The fourth-order valence-electron chi connectivity index (χ4n) is 4.81. The van der Waals surface area contributed by atoms with Gasteiger partial charge in [0.1, 0.15) is 6.04 Å². The minimum absolute atomic E-state index is 0.0431. The first-order chi connectivity index (χ1) is 13.5. The molecular formula is C22H30N4O2. The second-order valence-corrected chi connectivity index (χ2v) is 8.43. The molecule has 28 heavy (non-hydrogen) atoms. The number of amides is 1. The summed E-state index contributed by atoms with van der Waals surface area (Å²) in [5.74, 6) is 2.09. The summed E-state index contributed by atoms with van der Waals surface area (Å²) < 4.78 is 5.42. The van der Waals surface area contributed by atoms with Crippen LogP contribution in [0.3, 0.4) is 0 Å². The van der Waals surface area contributed by atoms with Crippen LogP contribution in [0.1, 0.15) is 63.4 Å². The molecule has 2 aliphatic rings. The minimum Gasteiger partial charge on any atom is -0.344 e. The third-order valence-electron chi connectivity index (χ3n) is 6.58. The highest BCUT2D eigenvalue weighted by atomic mass is 16.5. The van der Waals surface area contributed by atoms with E-state index >= 15 is 0 Å². The standard InChI is InChI=1S/C22H30N4O2/c1-3-14-7-9-15(10-8-14)20-25-22(28-26-20)13(2)24-21(27)18-11-16-5-4-6-17(12-18)19(16)23/h7-10,13,16-19H,3-6,11-12,23H2,1-2H3,(H,24,27). The third-order valence-corrected chi connectivity index (χ3v) is 6.58. The van der Waals surface area contributed by atoms with Crippen molar-refractivity contribution in [3.63, 3.8) is 0 Å². The quantitative estimate of drug-likeness (QED) is 0.823. The van der Waals surface area contributed by atoms with Crippen molar-refractivity contribution in [3.8, 4) is 11.4 Å². The number of aromatic nitrogens is 2. The number of fused-ring (bicyclic) bond motifs is 2. The molecule has 3 unspecified atom stereocenters. The van der Waals surface area contributed by atoms with E-state index in [1.807, 2.05) is 19.1 Å². The predicted molar refractivity (Wildman–Crippen MR) is 107 cm³/mol. The molecule has 0 aliphatic heterocycles. The lowest BCUT2D eigenvalue weighted by Crippen LogP contribution is -2.49. The van der Waals surface area contributed by atoms with Gasteiger partial charge in [-0.3, -0.25) is 4.79 Å². The second-order valence-electron chi connectivity index (χ2n) is 8.43. The largest absolute Gasteiger partial charge is 0.344 e. The van der Waals surface area contributed by atoms with E-state index in [-0.39, 0.29) is 23.9 Å². The number of carbonyl (C=O) groups excluding carboxylic acids is 1. The molecule has 2 aliphatic carbocycles. The van der Waals surface area contributed by atoms with Gasteiger partial charge in [-0.25, -0.2) is 0 Å². The van der Waals surface area contributed by atoms with E-state index in [0.29, 0.717) is 23.6 Å². The smallest absolute Gasteiger partial charge is 0.249 e. The van der Waals surface area contributed by atoms with Gasteiger partial charge in [0, 0.05) is 17.5 Å². The number of rotatable bonds is 5. The zero-order valence-corrected chi connectivity index (χ0v) is 16.7. The van der Waals surface area contributed by atoms with Crippen LogP contribution in [0.15, 0.2) is 28.8 Å². The summed E-state index contributed by atoms with van der Waals surface area (Å²) in [6.45, 7) is 4.02. The number of benzene rings is 1. The maximum absolute atomic E-state index is 12.8. The molecule has 2 saturated carbocycles. The van der Waals surface area contributed by atoms with Gasteiger partial charge < -0.3 is 15.6 Å². The lowest BCUT2D eigenvalue weighted by Gasteiger charge is -2.43. The zero-order valence-electron chi connectivity index (χ0n) is 16.7. The van der Waals surface area contributed by atoms with Crippen molar-refractivity contribution in [2.75, 3.05) is 0 Å². The minimum atomic E-state index is -0.306. The molecule has 3 N–H and O–H groups in total. The summed E-state index contributed by atoms with van der Waals surface area (Å²) in [5.41, 5.74) is 8.54. The highest BCUT2D eigenvalue weighted by molar-refractivity contribution is 5.79. The molecule has 2 bridgehead atoms. The fourth-order valence-corrected chi connectivity index (χ4v) is 4.81. The molecule has 1 amide bonds. The Morgan fingerprint density at radius 3 is 2.57 bits per heavy atom. The second kappa shape index (κ2) is 8.03. The highest BCUT2D eigenvalue weighted by Crippen LogP contribution is 2.42. The molecule has 2 fully saturated rings. The van der Waals surface area contributed by atoms with Gasteiger partial charge in [-0.15, -0.1) is 0 Å². The Balaban J connectivity index is 1.39. The van der Waals surface area contributed by atoms with E-state index < -0.39 is 0 Å². The van der Waals surface area contributed by atoms with Crippen molar-refractivity contribution in [2.45, 2.75) is 64.5 Å². The van der Waals surface area contributed by atoms with Crippen molar-refractivity contribution >= 4 is 5.91 Å². The number of hydrogen-bond donors (Lipinski definition) is 2. The maximum Gasteiger partial charge on any atom is 0.249 e. The first-order valence-corrected chi connectivity index (χ1v) is 10.5. The number of nitrogens with zero attached hydrogens (tertiary/aromatic N) is 2. The van der Waals surface area contributed by atoms with Crippen LogP contribution in [0, 0.1) is 17.8 Å². The van der Waals surface area contributed by atoms with E-state index in [4.69, 9.17) is 10.3 Å². The molecule has 6 heteroatoms. The lowest BCUT2D eigenvalue weighted by atomic mass is 9.65. The fraction of sp³-hybridized carbons (Fsp3) is 0.591. The SMILES string of the molecule is CCc1ccc(-c2noc(C(C)NC(=O)C3CC4CCCC(C3)C4N)n2)cc1. The van der Waals surface area contributed by atoms with Gasteiger partial charge in [0.05, 0.1) is 0 Å². The monoisotopic (exact) mass is 382 g/mol. The number of nitrogens with one attached hydrogen (secondary N) is 1. The van der Waals surface area contributed by atoms with E-state index in [1.165, 1.54) is 12.0 Å². The molecule has 2 aromatic rings. The Labute approximate surface area is 166 Å². The molecular weight excluding hydrogens is 352 g/mol. The molecule has 0 radical (unpaired) electrons. The summed E-state index contributed by atoms with van der Waals surface area (Å²) in [6, 6.07) is 8.11. The Kier molecular flexibility index (Phi) is 5.49. The summed E-state index contributed by atoms with van der Waals surface area (Å²) in [4.78, 5) is 17.3. The summed E-state index contributed by atoms with van der Waals surface area (Å²) in [5, 5.41) is 7.16. The van der Waals surface area contributed by atoms with Crippen LogP contribution in [0.25, 0.3) is 11.4 Å². The van der Waals surface area contributed by atoms with Crippen LogP contribution >= 0.6 is 0 Å². The predicted octanol–water partition coefficient (Wildman–Crippen LogP) is 3.63. The summed E-state index contributed by atoms with van der Waals surface area (Å²) in [7, 11) is 0. The van der Waals surface area contributed by atoms with Crippen molar-refractivity contribution in [2.24, 2.45) is 23.5 Å². The summed E-state index contributed by atoms with van der Waals surface area (Å²) in [6.07, 6.45) is 6.35. The molecule has 4 rings (SSSR count). The molecule has 6 nitrogen and oxygen atoms in total. The van der Waals surface area contributed by atoms with Gasteiger partial charge in [-0.05, 0) is 56.4 Å². The molecule has 1 aromatic heterocycles. The van der Waals surface area contributed by atoms with Gasteiger partial charge in [0.15, 0.2) is 0 Å². The van der Waals surface area contributed by atoms with Gasteiger partial charge >= 0.3 is 0 Å². The van der Waals surface area contributed by atoms with Crippen molar-refractivity contribution in [1.29, 1.82) is 0 Å². The number of nitrogens with two attached hydrogens (primary N) is 1. The van der Waals surface area contributed by atoms with Crippen LogP contribution in [0.2, 0.25) is 0 Å². The third kappa shape index (κ3) is 3.83. The Morgan fingerprint density at radius 1 is 1.25 bits per heavy atom. The normalized spacial score (nSPS) is 28.0. The topological polar surface area (TPSA) is 94.0 Å². The van der Waals surface area contributed by atoms with Crippen molar-refractivity contribution < 1.29 is 9.32 Å². The Morgan fingerprint density at radius 2 is 1.93 bits per heavy atom. The number of carbonyl (C=O) groups is 1. The lowest BCUT2D eigenvalue weighted by molar-refractivity contribution is -0.128. The van der Waals surface area contributed by atoms with Gasteiger partial charge in [-0.2, -0.15) is 4.98 Å². The van der Waals surface area contributed by atoms with E-state index in [1.54, 1.807) is 0 Å². The van der Waals surface area contributed by atoms with Crippen LogP contribution in [-0.2, 0) is 11.2 Å². The van der Waals surface area contributed by atoms with E-state index in [9.17, 15) is 4.79 Å². The average Bonchev–Trinajstić information content (AvgIpc) is 3.18. The maximum atomic E-state index is 12.8. The molecule has 1 aromatic carbocycles.